The number of aromatic nitrogens is 5. The summed E-state index contributed by atoms with van der Waals surface area (Å²) in [7, 11) is 1.61. The van der Waals surface area contributed by atoms with Crippen LogP contribution in [0.25, 0.3) is 0 Å². The molecule has 11 heteroatoms. The van der Waals surface area contributed by atoms with Gasteiger partial charge in [-0.3, -0.25) is 9.78 Å². The van der Waals surface area contributed by atoms with Gasteiger partial charge < -0.3 is 10.1 Å². The Balaban J connectivity index is 1.87. The third-order valence-electron chi connectivity index (χ3n) is 4.83. The summed E-state index contributed by atoms with van der Waals surface area (Å²) in [6.07, 6.45) is -3.37. The fourth-order valence-corrected chi connectivity index (χ4v) is 2.92. The van der Waals surface area contributed by atoms with Gasteiger partial charge in [0.05, 0.1) is 13.1 Å². The molecule has 1 fully saturated rings. The molecule has 2 aromatic heterocycles. The molecule has 0 aliphatic heterocycles. The molecule has 1 aliphatic rings. The minimum absolute atomic E-state index is 0.0346. The Bertz CT molecular complexity index is 918. The molecule has 0 aromatic carbocycles. The standard InChI is InChI=1S/C19H25F3N6O2/c1-10(19(20,21)22)30-14-8-13(23-9-12(14)11-6-7-11)17(29)24-15(18(2,3)4)16-25-27-28(5)26-16/h8-11,15H,6-7H2,1-5H3,(H,24,29)/t10-,15?/m0/s1. The molecule has 3 rings (SSSR count). The van der Waals surface area contributed by atoms with Crippen LogP contribution >= 0.6 is 0 Å². The number of nitrogens with one attached hydrogen (secondary N) is 1. The Morgan fingerprint density at radius 2 is 1.97 bits per heavy atom. The molecule has 1 aliphatic carbocycles. The van der Waals surface area contributed by atoms with E-state index in [0.717, 1.165) is 19.8 Å². The molecule has 0 radical (unpaired) electrons. The molecule has 30 heavy (non-hydrogen) atoms. The molecule has 1 unspecified atom stereocenters. The highest BCUT2D eigenvalue weighted by molar-refractivity contribution is 5.93. The zero-order valence-corrected chi connectivity index (χ0v) is 17.5. The van der Waals surface area contributed by atoms with Crippen LogP contribution in [0.2, 0.25) is 0 Å². The molecule has 8 nitrogen and oxygen atoms in total. The van der Waals surface area contributed by atoms with Crippen molar-refractivity contribution in [1.29, 1.82) is 0 Å². The average Bonchev–Trinajstić information content (AvgIpc) is 3.38. The first kappa shape index (κ1) is 22.0. The zero-order valence-electron chi connectivity index (χ0n) is 17.5. The van der Waals surface area contributed by atoms with Gasteiger partial charge in [-0.1, -0.05) is 20.8 Å². The Morgan fingerprint density at radius 1 is 1.30 bits per heavy atom. The predicted octanol–water partition coefficient (Wildman–Crippen LogP) is 3.33. The second kappa shape index (κ2) is 7.84. The number of carbonyl (C=O) groups is 1. The number of alkyl halides is 3. The largest absolute Gasteiger partial charge is 0.481 e. The normalized spacial score (nSPS) is 16.8. The van der Waals surface area contributed by atoms with Gasteiger partial charge in [0.2, 0.25) is 0 Å². The van der Waals surface area contributed by atoms with E-state index in [1.807, 2.05) is 20.8 Å². The maximum atomic E-state index is 13.0. The lowest BCUT2D eigenvalue weighted by Gasteiger charge is -2.28. The van der Waals surface area contributed by atoms with Gasteiger partial charge in [0.25, 0.3) is 5.91 Å². The highest BCUT2D eigenvalue weighted by Gasteiger charge is 2.39. The number of pyridine rings is 1. The van der Waals surface area contributed by atoms with Gasteiger partial charge in [-0.25, -0.2) is 0 Å². The zero-order chi connectivity index (χ0) is 22.3. The number of carbonyl (C=O) groups excluding carboxylic acids is 1. The summed E-state index contributed by atoms with van der Waals surface area (Å²) >= 11 is 0. The number of hydrogen-bond acceptors (Lipinski definition) is 6. The van der Waals surface area contributed by atoms with Gasteiger partial charge in [-0.05, 0) is 36.3 Å². The molecular weight excluding hydrogens is 401 g/mol. The minimum Gasteiger partial charge on any atom is -0.481 e. The van der Waals surface area contributed by atoms with Crippen molar-refractivity contribution in [2.75, 3.05) is 0 Å². The Morgan fingerprint density at radius 3 is 2.47 bits per heavy atom. The lowest BCUT2D eigenvalue weighted by Crippen LogP contribution is -2.38. The summed E-state index contributed by atoms with van der Waals surface area (Å²) in [4.78, 5) is 18.3. The van der Waals surface area contributed by atoms with Crippen molar-refractivity contribution in [3.05, 3.63) is 29.3 Å². The SMILES string of the molecule is C[C@H](Oc1cc(C(=O)NC(c2nnn(C)n2)C(C)(C)C)ncc1C1CC1)C(F)(F)F. The van der Waals surface area contributed by atoms with Crippen molar-refractivity contribution in [2.24, 2.45) is 12.5 Å². The Labute approximate surface area is 172 Å². The Kier molecular flexibility index (Phi) is 5.74. The van der Waals surface area contributed by atoms with E-state index in [1.165, 1.54) is 17.1 Å². The number of halogens is 3. The lowest BCUT2D eigenvalue weighted by atomic mass is 9.86. The highest BCUT2D eigenvalue weighted by Crippen LogP contribution is 2.45. The van der Waals surface area contributed by atoms with Gasteiger partial charge in [0, 0.05) is 17.8 Å². The number of aryl methyl sites for hydroxylation is 1. The summed E-state index contributed by atoms with van der Waals surface area (Å²) < 4.78 is 44.2. The summed E-state index contributed by atoms with van der Waals surface area (Å²) in [5.41, 5.74) is 0.101. The van der Waals surface area contributed by atoms with Crippen molar-refractivity contribution in [3.63, 3.8) is 0 Å². The van der Waals surface area contributed by atoms with Crippen LogP contribution in [0.3, 0.4) is 0 Å². The molecule has 0 bridgehead atoms. The summed E-state index contributed by atoms with van der Waals surface area (Å²) in [5, 5.41) is 14.8. The van der Waals surface area contributed by atoms with E-state index in [0.29, 0.717) is 11.4 Å². The van der Waals surface area contributed by atoms with Crippen molar-refractivity contribution < 1.29 is 22.7 Å². The molecule has 2 atom stereocenters. The van der Waals surface area contributed by atoms with Crippen LogP contribution in [-0.4, -0.2) is 43.4 Å². The number of tetrazole rings is 1. The van der Waals surface area contributed by atoms with Crippen LogP contribution in [0, 0.1) is 5.41 Å². The van der Waals surface area contributed by atoms with E-state index in [4.69, 9.17) is 4.74 Å². The number of hydrogen-bond donors (Lipinski definition) is 1. The van der Waals surface area contributed by atoms with E-state index in [2.05, 4.69) is 25.7 Å². The van der Waals surface area contributed by atoms with Gasteiger partial charge >= 0.3 is 6.18 Å². The Hall–Kier alpha value is -2.72. The molecular formula is C19H25F3N6O2. The quantitative estimate of drug-likeness (QED) is 0.761. The van der Waals surface area contributed by atoms with E-state index in [9.17, 15) is 18.0 Å². The maximum Gasteiger partial charge on any atom is 0.425 e. The number of nitrogens with zero attached hydrogens (tertiary/aromatic N) is 5. The highest BCUT2D eigenvalue weighted by atomic mass is 19.4. The smallest absolute Gasteiger partial charge is 0.425 e. The van der Waals surface area contributed by atoms with Crippen LogP contribution in [-0.2, 0) is 7.05 Å². The predicted molar refractivity (Wildman–Crippen MR) is 101 cm³/mol. The van der Waals surface area contributed by atoms with Crippen molar-refractivity contribution >= 4 is 5.91 Å². The second-order valence-electron chi connectivity index (χ2n) is 8.59. The third-order valence-corrected chi connectivity index (χ3v) is 4.83. The fraction of sp³-hybridized carbons (Fsp3) is 0.632. The van der Waals surface area contributed by atoms with E-state index in [-0.39, 0.29) is 17.4 Å². The average molecular weight is 426 g/mol. The fourth-order valence-electron chi connectivity index (χ4n) is 2.92. The lowest BCUT2D eigenvalue weighted by molar-refractivity contribution is -0.189. The number of amides is 1. The topological polar surface area (TPSA) is 94.8 Å². The van der Waals surface area contributed by atoms with Crippen molar-refractivity contribution in [3.8, 4) is 5.75 Å². The van der Waals surface area contributed by atoms with E-state index < -0.39 is 29.6 Å². The second-order valence-corrected chi connectivity index (χ2v) is 8.59. The molecule has 164 valence electrons. The molecule has 2 aromatic rings. The van der Waals surface area contributed by atoms with Crippen LogP contribution in [0.5, 0.6) is 5.75 Å². The molecule has 1 N–H and O–H groups in total. The number of rotatable bonds is 6. The van der Waals surface area contributed by atoms with Crippen LogP contribution in [0.4, 0.5) is 13.2 Å². The van der Waals surface area contributed by atoms with Crippen LogP contribution in [0.1, 0.15) is 74.4 Å². The van der Waals surface area contributed by atoms with Crippen molar-refractivity contribution in [2.45, 2.75) is 64.8 Å². The summed E-state index contributed by atoms with van der Waals surface area (Å²) in [5.74, 6) is -0.0899. The molecule has 1 amide bonds. The first-order chi connectivity index (χ1) is 13.9. The van der Waals surface area contributed by atoms with Crippen LogP contribution in [0.15, 0.2) is 12.3 Å². The molecule has 1 saturated carbocycles. The van der Waals surface area contributed by atoms with E-state index in [1.54, 1.807) is 7.05 Å². The van der Waals surface area contributed by atoms with E-state index >= 15 is 0 Å². The summed E-state index contributed by atoms with van der Waals surface area (Å²) in [6.45, 7) is 6.64. The third kappa shape index (κ3) is 5.06. The molecule has 2 heterocycles. The monoisotopic (exact) mass is 426 g/mol. The minimum atomic E-state index is -4.51. The van der Waals surface area contributed by atoms with Gasteiger partial charge in [-0.2, -0.15) is 18.0 Å². The molecule has 0 saturated heterocycles. The van der Waals surface area contributed by atoms with Crippen LogP contribution < -0.4 is 10.1 Å². The maximum absolute atomic E-state index is 13.0. The molecule has 0 spiro atoms. The first-order valence-corrected chi connectivity index (χ1v) is 9.64. The number of ether oxygens (including phenoxy) is 1. The summed E-state index contributed by atoms with van der Waals surface area (Å²) in [6, 6.07) is 0.691. The van der Waals surface area contributed by atoms with Gasteiger partial charge in [-0.15, -0.1) is 10.2 Å². The van der Waals surface area contributed by atoms with Crippen molar-refractivity contribution in [1.82, 2.24) is 30.5 Å². The van der Waals surface area contributed by atoms with Gasteiger partial charge in [0.1, 0.15) is 11.4 Å². The van der Waals surface area contributed by atoms with Gasteiger partial charge in [0.15, 0.2) is 11.9 Å². The first-order valence-electron chi connectivity index (χ1n) is 9.64.